The molecule has 1 saturated carbocycles. The van der Waals surface area contributed by atoms with Crippen molar-refractivity contribution in [3.05, 3.63) is 11.6 Å². The molecule has 3 heterocycles. The van der Waals surface area contributed by atoms with E-state index >= 15 is 0 Å². The molecular formula is C18H28N4OS. The van der Waals surface area contributed by atoms with Gasteiger partial charge in [-0.2, -0.15) is 0 Å². The Hall–Kier alpha value is -1.14. The van der Waals surface area contributed by atoms with Gasteiger partial charge in [0.1, 0.15) is 0 Å². The van der Waals surface area contributed by atoms with E-state index in [4.69, 9.17) is 0 Å². The van der Waals surface area contributed by atoms with Crippen LogP contribution in [-0.2, 0) is 4.79 Å². The molecule has 132 valence electrons. The maximum Gasteiger partial charge on any atom is 0.237 e. The maximum absolute atomic E-state index is 12.9. The fourth-order valence-corrected chi connectivity index (χ4v) is 5.38. The number of rotatable bonds is 3. The number of anilines is 1. The molecule has 2 saturated heterocycles. The molecule has 0 unspecified atom stereocenters. The van der Waals surface area contributed by atoms with Crippen molar-refractivity contribution in [2.75, 3.05) is 44.2 Å². The van der Waals surface area contributed by atoms with Gasteiger partial charge in [-0.05, 0) is 31.6 Å². The normalized spacial score (nSPS) is 28.7. The topological polar surface area (TPSA) is 39.7 Å². The summed E-state index contributed by atoms with van der Waals surface area (Å²) in [4.78, 5) is 24.2. The molecular weight excluding hydrogens is 320 g/mol. The van der Waals surface area contributed by atoms with Gasteiger partial charge in [0.2, 0.25) is 5.91 Å². The molecule has 2 aliphatic heterocycles. The number of piperidine rings is 1. The highest BCUT2D eigenvalue weighted by Crippen LogP contribution is 2.35. The summed E-state index contributed by atoms with van der Waals surface area (Å²) in [5.74, 6) is 1.15. The highest BCUT2D eigenvalue weighted by atomic mass is 32.1. The van der Waals surface area contributed by atoms with Crippen LogP contribution in [0.1, 0.15) is 38.5 Å². The summed E-state index contributed by atoms with van der Waals surface area (Å²) in [5.41, 5.74) is 0. The van der Waals surface area contributed by atoms with Crippen LogP contribution < -0.4 is 4.90 Å². The summed E-state index contributed by atoms with van der Waals surface area (Å²) in [6.07, 6.45) is 9.63. The van der Waals surface area contributed by atoms with E-state index in [9.17, 15) is 4.79 Å². The molecule has 1 aromatic rings. The van der Waals surface area contributed by atoms with Crippen molar-refractivity contribution in [3.8, 4) is 0 Å². The third-order valence-electron chi connectivity index (χ3n) is 5.98. The molecule has 4 rings (SSSR count). The van der Waals surface area contributed by atoms with E-state index in [1.165, 1.54) is 38.5 Å². The van der Waals surface area contributed by atoms with Gasteiger partial charge in [0, 0.05) is 50.3 Å². The van der Waals surface area contributed by atoms with Crippen LogP contribution in [0.4, 0.5) is 5.13 Å². The number of nitrogens with zero attached hydrogens (tertiary/aromatic N) is 4. The highest BCUT2D eigenvalue weighted by Gasteiger charge is 2.36. The minimum atomic E-state index is 0.370. The summed E-state index contributed by atoms with van der Waals surface area (Å²) < 4.78 is 0. The fourth-order valence-electron chi connectivity index (χ4n) is 4.69. The zero-order chi connectivity index (χ0) is 16.4. The second-order valence-electron chi connectivity index (χ2n) is 7.42. The van der Waals surface area contributed by atoms with E-state index in [1.807, 2.05) is 11.6 Å². The monoisotopic (exact) mass is 348 g/mol. The van der Waals surface area contributed by atoms with Crippen molar-refractivity contribution in [3.63, 3.8) is 0 Å². The SMILES string of the molecule is O=C(CN1CCN(c2nccs2)CC1)N1CCC[C@@H]2CCCC[C@@H]21. The molecule has 0 spiro atoms. The first-order valence-corrected chi connectivity index (χ1v) is 10.4. The van der Waals surface area contributed by atoms with Gasteiger partial charge >= 0.3 is 0 Å². The van der Waals surface area contributed by atoms with Crippen molar-refractivity contribution in [1.82, 2.24) is 14.8 Å². The van der Waals surface area contributed by atoms with Gasteiger partial charge in [0.05, 0.1) is 6.54 Å². The Morgan fingerprint density at radius 3 is 2.67 bits per heavy atom. The minimum Gasteiger partial charge on any atom is -0.346 e. The lowest BCUT2D eigenvalue weighted by molar-refractivity contribution is -0.138. The summed E-state index contributed by atoms with van der Waals surface area (Å²) in [6.45, 7) is 5.48. The third kappa shape index (κ3) is 3.45. The van der Waals surface area contributed by atoms with Gasteiger partial charge in [0.15, 0.2) is 5.13 Å². The number of hydrogen-bond donors (Lipinski definition) is 0. The predicted molar refractivity (Wildman–Crippen MR) is 97.5 cm³/mol. The molecule has 3 aliphatic rings. The first-order valence-electron chi connectivity index (χ1n) is 9.47. The molecule has 1 amide bonds. The molecule has 0 N–H and O–H groups in total. The van der Waals surface area contributed by atoms with Crippen LogP contribution in [0.2, 0.25) is 0 Å². The summed E-state index contributed by atoms with van der Waals surface area (Å²) in [7, 11) is 0. The first kappa shape index (κ1) is 16.3. The standard InChI is InChI=1S/C18H28N4OS/c23-17(22-8-3-5-15-4-1-2-6-16(15)22)14-20-9-11-21(12-10-20)18-19-7-13-24-18/h7,13,15-16H,1-6,8-12,14H2/t15-,16-/m0/s1. The Labute approximate surface area is 148 Å². The van der Waals surface area contributed by atoms with Gasteiger partial charge in [-0.1, -0.05) is 12.8 Å². The van der Waals surface area contributed by atoms with E-state index in [2.05, 4.69) is 19.7 Å². The van der Waals surface area contributed by atoms with Crippen LogP contribution in [-0.4, -0.2) is 66.0 Å². The molecule has 3 fully saturated rings. The number of fused-ring (bicyclic) bond motifs is 1. The van der Waals surface area contributed by atoms with Crippen molar-refractivity contribution in [1.29, 1.82) is 0 Å². The predicted octanol–water partition coefficient (Wildman–Crippen LogP) is 2.45. The van der Waals surface area contributed by atoms with Crippen LogP contribution in [0.15, 0.2) is 11.6 Å². The number of amides is 1. The number of carbonyl (C=O) groups is 1. The van der Waals surface area contributed by atoms with Gasteiger partial charge in [-0.15, -0.1) is 11.3 Å². The van der Waals surface area contributed by atoms with Crippen molar-refractivity contribution in [2.24, 2.45) is 5.92 Å². The molecule has 0 aromatic carbocycles. The van der Waals surface area contributed by atoms with Gasteiger partial charge < -0.3 is 9.80 Å². The molecule has 2 atom stereocenters. The molecule has 6 heteroatoms. The van der Waals surface area contributed by atoms with Gasteiger partial charge in [-0.25, -0.2) is 4.98 Å². The number of carbonyl (C=O) groups excluding carboxylic acids is 1. The maximum atomic E-state index is 12.9. The molecule has 5 nitrogen and oxygen atoms in total. The first-order chi connectivity index (χ1) is 11.8. The van der Waals surface area contributed by atoms with E-state index < -0.39 is 0 Å². The highest BCUT2D eigenvalue weighted by molar-refractivity contribution is 7.13. The summed E-state index contributed by atoms with van der Waals surface area (Å²) in [6, 6.07) is 0.539. The summed E-state index contributed by atoms with van der Waals surface area (Å²) >= 11 is 1.70. The third-order valence-corrected chi connectivity index (χ3v) is 6.82. The van der Waals surface area contributed by atoms with Crippen molar-refractivity contribution in [2.45, 2.75) is 44.6 Å². The zero-order valence-electron chi connectivity index (χ0n) is 14.4. The summed E-state index contributed by atoms with van der Waals surface area (Å²) in [5, 5.41) is 3.14. The zero-order valence-corrected chi connectivity index (χ0v) is 15.2. The lowest BCUT2D eigenvalue weighted by atomic mass is 9.78. The van der Waals surface area contributed by atoms with Crippen LogP contribution in [0, 0.1) is 5.92 Å². The van der Waals surface area contributed by atoms with Crippen molar-refractivity contribution < 1.29 is 4.79 Å². The number of thiazole rings is 1. The van der Waals surface area contributed by atoms with Gasteiger partial charge in [-0.3, -0.25) is 9.69 Å². The van der Waals surface area contributed by atoms with E-state index in [-0.39, 0.29) is 0 Å². The molecule has 1 aliphatic carbocycles. The number of piperazine rings is 1. The number of aromatic nitrogens is 1. The van der Waals surface area contributed by atoms with Crippen LogP contribution in [0.5, 0.6) is 0 Å². The number of hydrogen-bond acceptors (Lipinski definition) is 5. The molecule has 0 radical (unpaired) electrons. The second kappa shape index (κ2) is 7.40. The Balaban J connectivity index is 1.30. The Kier molecular flexibility index (Phi) is 5.03. The minimum absolute atomic E-state index is 0.370. The van der Waals surface area contributed by atoms with Crippen LogP contribution in [0.25, 0.3) is 0 Å². The Morgan fingerprint density at radius 2 is 1.88 bits per heavy atom. The second-order valence-corrected chi connectivity index (χ2v) is 8.29. The lowest BCUT2D eigenvalue weighted by Crippen LogP contribution is -2.54. The van der Waals surface area contributed by atoms with E-state index in [0.29, 0.717) is 18.5 Å². The quantitative estimate of drug-likeness (QED) is 0.841. The van der Waals surface area contributed by atoms with E-state index in [1.54, 1.807) is 11.3 Å². The smallest absolute Gasteiger partial charge is 0.237 e. The molecule has 24 heavy (non-hydrogen) atoms. The largest absolute Gasteiger partial charge is 0.346 e. The Morgan fingerprint density at radius 1 is 1.08 bits per heavy atom. The van der Waals surface area contributed by atoms with Crippen LogP contribution in [0.3, 0.4) is 0 Å². The average Bonchev–Trinajstić information content (AvgIpc) is 3.16. The number of likely N-dealkylation sites (tertiary alicyclic amines) is 1. The fraction of sp³-hybridized carbons (Fsp3) is 0.778. The van der Waals surface area contributed by atoms with Crippen molar-refractivity contribution >= 4 is 22.4 Å². The molecule has 1 aromatic heterocycles. The average molecular weight is 349 g/mol. The van der Waals surface area contributed by atoms with Crippen LogP contribution >= 0.6 is 11.3 Å². The van der Waals surface area contributed by atoms with Gasteiger partial charge in [0.25, 0.3) is 0 Å². The van der Waals surface area contributed by atoms with E-state index in [0.717, 1.165) is 43.8 Å². The molecule has 0 bridgehead atoms. The lowest BCUT2D eigenvalue weighted by Gasteiger charge is -2.45. The Bertz CT molecular complexity index is 539.